The van der Waals surface area contributed by atoms with E-state index in [1.807, 2.05) is 0 Å². The SMILES string of the molecule is O=C(NCc1ccc(S(=O)(=O)N2CCOCC2)cc1)C1CCCN(S(=O)(=O)c2ccc(Br)cc2)C1. The molecule has 1 amide bonds. The number of rotatable bonds is 7. The fourth-order valence-corrected chi connectivity index (χ4v) is 7.38. The molecule has 4 rings (SSSR count). The maximum atomic E-state index is 13.0. The van der Waals surface area contributed by atoms with Crippen molar-refractivity contribution in [2.45, 2.75) is 29.2 Å². The molecule has 35 heavy (non-hydrogen) atoms. The summed E-state index contributed by atoms with van der Waals surface area (Å²) in [7, 11) is -7.25. The summed E-state index contributed by atoms with van der Waals surface area (Å²) in [5.41, 5.74) is 0.759. The van der Waals surface area contributed by atoms with Crippen LogP contribution in [0.2, 0.25) is 0 Å². The topological polar surface area (TPSA) is 113 Å². The Morgan fingerprint density at radius 1 is 0.886 bits per heavy atom. The smallest absolute Gasteiger partial charge is 0.243 e. The van der Waals surface area contributed by atoms with Gasteiger partial charge in [-0.05, 0) is 54.8 Å². The van der Waals surface area contributed by atoms with Crippen LogP contribution in [-0.4, -0.2) is 70.7 Å². The summed E-state index contributed by atoms with van der Waals surface area (Å²) in [6.07, 6.45) is 1.21. The fourth-order valence-electron chi connectivity index (χ4n) is 4.18. The third-order valence-corrected chi connectivity index (χ3v) is 10.5. The summed E-state index contributed by atoms with van der Waals surface area (Å²) >= 11 is 3.31. The van der Waals surface area contributed by atoms with Crippen LogP contribution in [-0.2, 0) is 36.1 Å². The van der Waals surface area contributed by atoms with Crippen molar-refractivity contribution in [1.29, 1.82) is 0 Å². The molecule has 2 aliphatic heterocycles. The van der Waals surface area contributed by atoms with Crippen LogP contribution in [0.1, 0.15) is 18.4 Å². The maximum absolute atomic E-state index is 13.0. The van der Waals surface area contributed by atoms with E-state index in [1.165, 1.54) is 8.61 Å². The zero-order valence-corrected chi connectivity index (χ0v) is 22.3. The average Bonchev–Trinajstić information content (AvgIpc) is 2.88. The van der Waals surface area contributed by atoms with Gasteiger partial charge in [-0.25, -0.2) is 16.8 Å². The lowest BCUT2D eigenvalue weighted by atomic mass is 9.99. The molecule has 0 bridgehead atoms. The number of nitrogens with one attached hydrogen (secondary N) is 1. The molecule has 0 aliphatic carbocycles. The first kappa shape index (κ1) is 26.2. The van der Waals surface area contributed by atoms with Gasteiger partial charge in [0.15, 0.2) is 0 Å². The van der Waals surface area contributed by atoms with Gasteiger partial charge in [-0.3, -0.25) is 4.79 Å². The summed E-state index contributed by atoms with van der Waals surface area (Å²) < 4.78 is 60.3. The van der Waals surface area contributed by atoms with Crippen LogP contribution in [0.4, 0.5) is 0 Å². The Bertz CT molecular complexity index is 1250. The highest BCUT2D eigenvalue weighted by atomic mass is 79.9. The monoisotopic (exact) mass is 585 g/mol. The molecule has 2 saturated heterocycles. The molecule has 0 radical (unpaired) electrons. The van der Waals surface area contributed by atoms with Crippen molar-refractivity contribution in [3.8, 4) is 0 Å². The number of benzene rings is 2. The number of nitrogens with zero attached hydrogens (tertiary/aromatic N) is 2. The summed E-state index contributed by atoms with van der Waals surface area (Å²) in [6, 6.07) is 12.9. The molecule has 12 heteroatoms. The summed E-state index contributed by atoms with van der Waals surface area (Å²) in [5.74, 6) is -0.666. The largest absolute Gasteiger partial charge is 0.379 e. The van der Waals surface area contributed by atoms with Gasteiger partial charge >= 0.3 is 0 Å². The van der Waals surface area contributed by atoms with Crippen molar-refractivity contribution in [3.63, 3.8) is 0 Å². The molecule has 2 aromatic rings. The first-order chi connectivity index (χ1) is 16.7. The lowest BCUT2D eigenvalue weighted by Crippen LogP contribution is -2.45. The van der Waals surface area contributed by atoms with Gasteiger partial charge in [0.05, 0.1) is 28.9 Å². The van der Waals surface area contributed by atoms with E-state index in [9.17, 15) is 21.6 Å². The minimum Gasteiger partial charge on any atom is -0.379 e. The summed E-state index contributed by atoms with van der Waals surface area (Å²) in [5, 5.41) is 2.87. The molecule has 1 unspecified atom stereocenters. The van der Waals surface area contributed by atoms with Crippen LogP contribution in [0, 0.1) is 5.92 Å². The number of halogens is 1. The molecule has 2 fully saturated rings. The third kappa shape index (κ3) is 6.12. The second kappa shape index (κ2) is 11.1. The van der Waals surface area contributed by atoms with Gasteiger partial charge in [0.1, 0.15) is 0 Å². The Labute approximate surface area is 214 Å². The Kier molecular flexibility index (Phi) is 8.29. The minimum absolute atomic E-state index is 0.126. The van der Waals surface area contributed by atoms with Crippen molar-refractivity contribution >= 4 is 41.9 Å². The van der Waals surface area contributed by atoms with Crippen molar-refractivity contribution < 1.29 is 26.4 Å². The molecule has 2 aliphatic rings. The van der Waals surface area contributed by atoms with Crippen molar-refractivity contribution in [3.05, 3.63) is 58.6 Å². The summed E-state index contributed by atoms with van der Waals surface area (Å²) in [6.45, 7) is 2.15. The predicted octanol–water partition coefficient (Wildman–Crippen LogP) is 2.19. The molecule has 9 nitrogen and oxygen atoms in total. The highest BCUT2D eigenvalue weighted by Crippen LogP contribution is 2.25. The van der Waals surface area contributed by atoms with Crippen LogP contribution in [0.5, 0.6) is 0 Å². The highest BCUT2D eigenvalue weighted by molar-refractivity contribution is 9.10. The van der Waals surface area contributed by atoms with Crippen molar-refractivity contribution in [2.24, 2.45) is 5.92 Å². The Morgan fingerprint density at radius 3 is 2.09 bits per heavy atom. The number of morpholine rings is 1. The van der Waals surface area contributed by atoms with Crippen LogP contribution in [0.25, 0.3) is 0 Å². The Hall–Kier alpha value is -1.83. The Balaban J connectivity index is 1.34. The van der Waals surface area contributed by atoms with Gasteiger partial charge in [0.25, 0.3) is 0 Å². The van der Waals surface area contributed by atoms with E-state index >= 15 is 0 Å². The normalized spacial score (nSPS) is 20.4. The Morgan fingerprint density at radius 2 is 1.46 bits per heavy atom. The van der Waals surface area contributed by atoms with Crippen LogP contribution in [0.3, 0.4) is 0 Å². The van der Waals surface area contributed by atoms with Gasteiger partial charge < -0.3 is 10.1 Å². The molecule has 2 aromatic carbocycles. The molecule has 0 aromatic heterocycles. The molecular formula is C23H28BrN3O6S2. The molecule has 0 spiro atoms. The van der Waals surface area contributed by atoms with Crippen LogP contribution < -0.4 is 5.32 Å². The molecular weight excluding hydrogens is 558 g/mol. The molecule has 190 valence electrons. The molecule has 0 saturated carbocycles. The second-order valence-corrected chi connectivity index (χ2v) is 13.3. The molecule has 2 heterocycles. The van der Waals surface area contributed by atoms with Gasteiger partial charge in [-0.1, -0.05) is 28.1 Å². The number of carbonyl (C=O) groups is 1. The first-order valence-corrected chi connectivity index (χ1v) is 15.1. The predicted molar refractivity (Wildman–Crippen MR) is 133 cm³/mol. The van der Waals surface area contributed by atoms with Crippen LogP contribution in [0.15, 0.2) is 62.8 Å². The maximum Gasteiger partial charge on any atom is 0.243 e. The zero-order chi connectivity index (χ0) is 25.1. The van der Waals surface area contributed by atoms with Gasteiger partial charge in [0, 0.05) is 37.2 Å². The number of ether oxygens (including phenoxy) is 1. The number of sulfonamides is 2. The number of hydrogen-bond donors (Lipinski definition) is 1. The number of piperidine rings is 1. The molecule has 1 atom stereocenters. The van der Waals surface area contributed by atoms with E-state index in [1.54, 1.807) is 48.5 Å². The quantitative estimate of drug-likeness (QED) is 0.533. The van der Waals surface area contributed by atoms with E-state index in [-0.39, 0.29) is 28.8 Å². The lowest BCUT2D eigenvalue weighted by molar-refractivity contribution is -0.126. The standard InChI is InChI=1S/C23H28BrN3O6S2/c24-20-5-9-22(10-6-20)35(31,32)27-11-1-2-19(17-27)23(28)25-16-18-3-7-21(8-4-18)34(29,30)26-12-14-33-15-13-26/h3-10,19H,1-2,11-17H2,(H,25,28). The second-order valence-electron chi connectivity index (χ2n) is 8.53. The van der Waals surface area contributed by atoms with Crippen LogP contribution >= 0.6 is 15.9 Å². The van der Waals surface area contributed by atoms with E-state index in [0.717, 1.165) is 10.0 Å². The van der Waals surface area contributed by atoms with Gasteiger partial charge in [-0.2, -0.15) is 8.61 Å². The number of hydrogen-bond acceptors (Lipinski definition) is 6. The highest BCUT2D eigenvalue weighted by Gasteiger charge is 2.33. The van der Waals surface area contributed by atoms with E-state index in [2.05, 4.69) is 21.2 Å². The van der Waals surface area contributed by atoms with Gasteiger partial charge in [-0.15, -0.1) is 0 Å². The molecule has 1 N–H and O–H groups in total. The van der Waals surface area contributed by atoms with Gasteiger partial charge in [0.2, 0.25) is 26.0 Å². The fraction of sp³-hybridized carbons (Fsp3) is 0.435. The number of carbonyl (C=O) groups excluding carboxylic acids is 1. The average molecular weight is 587 g/mol. The van der Waals surface area contributed by atoms with Crippen molar-refractivity contribution in [2.75, 3.05) is 39.4 Å². The summed E-state index contributed by atoms with van der Waals surface area (Å²) in [4.78, 5) is 13.2. The minimum atomic E-state index is -3.68. The number of amides is 1. The third-order valence-electron chi connectivity index (χ3n) is 6.20. The first-order valence-electron chi connectivity index (χ1n) is 11.4. The van der Waals surface area contributed by atoms with E-state index < -0.39 is 26.0 Å². The lowest BCUT2D eigenvalue weighted by Gasteiger charge is -2.31. The van der Waals surface area contributed by atoms with E-state index in [0.29, 0.717) is 45.7 Å². The van der Waals surface area contributed by atoms with E-state index in [4.69, 9.17) is 4.74 Å². The zero-order valence-electron chi connectivity index (χ0n) is 19.1. The van der Waals surface area contributed by atoms with Crippen molar-refractivity contribution in [1.82, 2.24) is 13.9 Å².